The molecule has 8 heteroatoms. The number of hydrogen-bond acceptors (Lipinski definition) is 6. The van der Waals surface area contributed by atoms with Crippen LogP contribution in [0.1, 0.15) is 17.3 Å². The van der Waals surface area contributed by atoms with Crippen LogP contribution in [0.3, 0.4) is 0 Å². The average molecular weight is 348 g/mol. The number of carbonyl (C=O) groups excluding carboxylic acids is 3. The van der Waals surface area contributed by atoms with Gasteiger partial charge in [-0.3, -0.25) is 9.59 Å². The maximum absolute atomic E-state index is 12.6. The quantitative estimate of drug-likeness (QED) is 0.544. The van der Waals surface area contributed by atoms with Crippen molar-refractivity contribution in [3.63, 3.8) is 0 Å². The lowest BCUT2D eigenvalue weighted by atomic mass is 10.1. The van der Waals surface area contributed by atoms with Crippen molar-refractivity contribution in [3.05, 3.63) is 47.2 Å². The fraction of sp³-hybridized carbons (Fsp3) is 0.353. The Hall–Kier alpha value is -2.71. The minimum atomic E-state index is -1.17. The molecule has 1 atom stereocenters. The monoisotopic (exact) mass is 348 g/mol. The van der Waals surface area contributed by atoms with Gasteiger partial charge in [-0.15, -0.1) is 0 Å². The molecule has 2 N–H and O–H groups in total. The first-order valence-electron chi connectivity index (χ1n) is 7.57. The van der Waals surface area contributed by atoms with E-state index in [1.54, 1.807) is 37.3 Å². The number of amides is 2. The molecule has 134 valence electrons. The second kappa shape index (κ2) is 8.41. The molecule has 1 aromatic rings. The molecular weight excluding hydrogens is 328 g/mol. The Labute approximate surface area is 145 Å². The van der Waals surface area contributed by atoms with Gasteiger partial charge in [-0.1, -0.05) is 18.2 Å². The van der Waals surface area contributed by atoms with E-state index in [4.69, 9.17) is 14.2 Å². The van der Waals surface area contributed by atoms with Gasteiger partial charge in [-0.2, -0.15) is 0 Å². The zero-order valence-corrected chi connectivity index (χ0v) is 14.2. The lowest BCUT2D eigenvalue weighted by Crippen LogP contribution is -2.54. The van der Waals surface area contributed by atoms with Gasteiger partial charge in [0, 0.05) is 19.8 Å². The third kappa shape index (κ3) is 4.43. The molecule has 25 heavy (non-hydrogen) atoms. The summed E-state index contributed by atoms with van der Waals surface area (Å²) < 4.78 is 15.1. The molecule has 0 aromatic heterocycles. The molecule has 0 spiro atoms. The summed E-state index contributed by atoms with van der Waals surface area (Å²) >= 11 is 0. The van der Waals surface area contributed by atoms with Crippen LogP contribution in [0.5, 0.6) is 0 Å². The summed E-state index contributed by atoms with van der Waals surface area (Å²) in [6.45, 7) is 1.79. The summed E-state index contributed by atoms with van der Waals surface area (Å²) in [6, 6.07) is 7.24. The van der Waals surface area contributed by atoms with Gasteiger partial charge in [-0.25, -0.2) is 4.79 Å². The molecule has 0 saturated carbocycles. The largest absolute Gasteiger partial charge is 0.456 e. The highest BCUT2D eigenvalue weighted by Crippen LogP contribution is 2.13. The lowest BCUT2D eigenvalue weighted by Gasteiger charge is -2.25. The van der Waals surface area contributed by atoms with Crippen LogP contribution in [0.15, 0.2) is 41.6 Å². The van der Waals surface area contributed by atoms with Gasteiger partial charge >= 0.3 is 5.97 Å². The Morgan fingerprint density at radius 2 is 1.80 bits per heavy atom. The van der Waals surface area contributed by atoms with Crippen LogP contribution >= 0.6 is 0 Å². The van der Waals surface area contributed by atoms with Gasteiger partial charge in [0.05, 0.1) is 0 Å². The Balaban J connectivity index is 2.18. The number of nitrogens with one attached hydrogen (secondary N) is 2. The Bertz CT molecular complexity index is 682. The van der Waals surface area contributed by atoms with E-state index in [0.29, 0.717) is 11.1 Å². The zero-order chi connectivity index (χ0) is 18.4. The number of rotatable bonds is 7. The van der Waals surface area contributed by atoms with E-state index in [1.165, 1.54) is 14.2 Å². The Morgan fingerprint density at radius 1 is 1.16 bits per heavy atom. The van der Waals surface area contributed by atoms with Crippen LogP contribution in [0, 0.1) is 0 Å². The summed E-state index contributed by atoms with van der Waals surface area (Å²) in [5.41, 5.74) is 1.04. The summed E-state index contributed by atoms with van der Waals surface area (Å²) in [5.74, 6) is -1.74. The molecule has 1 aromatic carbocycles. The number of esters is 1. The van der Waals surface area contributed by atoms with E-state index in [9.17, 15) is 14.4 Å². The van der Waals surface area contributed by atoms with Gasteiger partial charge in [-0.05, 0) is 24.6 Å². The predicted molar refractivity (Wildman–Crippen MR) is 87.3 cm³/mol. The van der Waals surface area contributed by atoms with Gasteiger partial charge in [0.2, 0.25) is 0 Å². The SMILES string of the molecule is COC(OC)[C@@H](NC(=O)c1ccccc1)C(=O)NC1=C(C)COC1=O. The molecule has 0 unspecified atom stereocenters. The van der Waals surface area contributed by atoms with E-state index in [-0.39, 0.29) is 12.3 Å². The molecule has 0 saturated heterocycles. The average Bonchev–Trinajstić information content (AvgIpc) is 2.94. The van der Waals surface area contributed by atoms with Gasteiger partial charge in [0.25, 0.3) is 11.8 Å². The Morgan fingerprint density at radius 3 is 2.32 bits per heavy atom. The number of methoxy groups -OCH3 is 2. The third-order valence-corrected chi connectivity index (χ3v) is 3.64. The highest BCUT2D eigenvalue weighted by molar-refractivity contribution is 6.01. The van der Waals surface area contributed by atoms with Gasteiger partial charge < -0.3 is 24.8 Å². The number of carbonyl (C=O) groups is 3. The third-order valence-electron chi connectivity index (χ3n) is 3.64. The second-order valence-electron chi connectivity index (χ2n) is 5.38. The first kappa shape index (κ1) is 18.6. The summed E-state index contributed by atoms with van der Waals surface area (Å²) in [4.78, 5) is 36.6. The van der Waals surface area contributed by atoms with Crippen LogP contribution in [0.25, 0.3) is 0 Å². The van der Waals surface area contributed by atoms with Crippen molar-refractivity contribution in [1.29, 1.82) is 0 Å². The molecule has 2 rings (SSSR count). The molecule has 1 heterocycles. The highest BCUT2D eigenvalue weighted by Gasteiger charge is 2.33. The highest BCUT2D eigenvalue weighted by atomic mass is 16.7. The van der Waals surface area contributed by atoms with Crippen molar-refractivity contribution in [3.8, 4) is 0 Å². The fourth-order valence-electron chi connectivity index (χ4n) is 2.29. The van der Waals surface area contributed by atoms with Crippen molar-refractivity contribution in [2.75, 3.05) is 20.8 Å². The number of hydrogen-bond donors (Lipinski definition) is 2. The second-order valence-corrected chi connectivity index (χ2v) is 5.38. The van der Waals surface area contributed by atoms with Crippen molar-refractivity contribution < 1.29 is 28.6 Å². The smallest absolute Gasteiger partial charge is 0.355 e. The summed E-state index contributed by atoms with van der Waals surface area (Å²) in [5, 5.41) is 5.04. The van der Waals surface area contributed by atoms with Crippen LogP contribution in [-0.4, -0.2) is 50.9 Å². The number of benzene rings is 1. The van der Waals surface area contributed by atoms with Crippen LogP contribution in [0.2, 0.25) is 0 Å². The maximum Gasteiger partial charge on any atom is 0.355 e. The van der Waals surface area contributed by atoms with E-state index in [2.05, 4.69) is 10.6 Å². The molecule has 0 radical (unpaired) electrons. The minimum Gasteiger partial charge on any atom is -0.456 e. The molecule has 0 bridgehead atoms. The number of cyclic esters (lactones) is 1. The normalized spacial score (nSPS) is 15.1. The molecule has 8 nitrogen and oxygen atoms in total. The van der Waals surface area contributed by atoms with Crippen molar-refractivity contribution in [2.24, 2.45) is 0 Å². The lowest BCUT2D eigenvalue weighted by molar-refractivity contribution is -0.148. The molecule has 0 aliphatic carbocycles. The standard InChI is InChI=1S/C17H20N2O6/c1-10-9-25-16(22)12(10)18-15(21)13(17(23-2)24-3)19-14(20)11-7-5-4-6-8-11/h4-8,13,17H,9H2,1-3H3,(H,18,21)(H,19,20)/t13-/m0/s1. The van der Waals surface area contributed by atoms with Crippen LogP contribution < -0.4 is 10.6 Å². The zero-order valence-electron chi connectivity index (χ0n) is 14.2. The number of ether oxygens (including phenoxy) is 3. The van der Waals surface area contributed by atoms with E-state index >= 15 is 0 Å². The topological polar surface area (TPSA) is 103 Å². The molecule has 0 fully saturated rings. The van der Waals surface area contributed by atoms with Crippen molar-refractivity contribution in [2.45, 2.75) is 19.3 Å². The predicted octanol–water partition coefficient (Wildman–Crippen LogP) is 0.351. The first-order valence-corrected chi connectivity index (χ1v) is 7.57. The summed E-state index contributed by atoms with van der Waals surface area (Å²) in [6.07, 6.45) is -1.04. The van der Waals surface area contributed by atoms with Crippen molar-refractivity contribution >= 4 is 17.8 Å². The summed E-state index contributed by atoms with van der Waals surface area (Å²) in [7, 11) is 2.69. The van der Waals surface area contributed by atoms with Crippen LogP contribution in [-0.2, 0) is 23.8 Å². The van der Waals surface area contributed by atoms with Crippen LogP contribution in [0.4, 0.5) is 0 Å². The molecule has 1 aliphatic rings. The minimum absolute atomic E-state index is 0.0647. The Kier molecular flexibility index (Phi) is 6.26. The van der Waals surface area contributed by atoms with E-state index in [0.717, 1.165) is 0 Å². The molecular formula is C17H20N2O6. The van der Waals surface area contributed by atoms with E-state index < -0.39 is 30.1 Å². The van der Waals surface area contributed by atoms with E-state index in [1.807, 2.05) is 0 Å². The fourth-order valence-corrected chi connectivity index (χ4v) is 2.29. The first-order chi connectivity index (χ1) is 12.0. The van der Waals surface area contributed by atoms with Gasteiger partial charge in [0.15, 0.2) is 12.3 Å². The molecule has 2 amide bonds. The van der Waals surface area contributed by atoms with Gasteiger partial charge in [0.1, 0.15) is 12.3 Å². The molecule has 1 aliphatic heterocycles. The van der Waals surface area contributed by atoms with Crippen molar-refractivity contribution in [1.82, 2.24) is 10.6 Å². The maximum atomic E-state index is 12.6.